The second-order valence-electron chi connectivity index (χ2n) is 11.8. The number of hydrogen-bond donors (Lipinski definition) is 2. The smallest absolute Gasteiger partial charge is 0.407 e. The highest BCUT2D eigenvalue weighted by Gasteiger charge is 2.41. The number of methoxy groups -OCH3 is 1. The van der Waals surface area contributed by atoms with Gasteiger partial charge in [-0.25, -0.2) is 4.79 Å². The van der Waals surface area contributed by atoms with E-state index < -0.39 is 5.60 Å². The van der Waals surface area contributed by atoms with Crippen LogP contribution in [0.1, 0.15) is 72.8 Å². The van der Waals surface area contributed by atoms with Gasteiger partial charge in [0.05, 0.1) is 13.7 Å². The molecule has 0 bridgehead atoms. The minimum absolute atomic E-state index is 0.0839. The number of piperidine rings is 1. The lowest BCUT2D eigenvalue weighted by Crippen LogP contribution is -2.53. The highest BCUT2D eigenvalue weighted by molar-refractivity contribution is 5.68. The fourth-order valence-corrected chi connectivity index (χ4v) is 5.95. The van der Waals surface area contributed by atoms with Crippen molar-refractivity contribution in [3.05, 3.63) is 64.0 Å². The van der Waals surface area contributed by atoms with E-state index in [2.05, 4.69) is 75.0 Å². The molecule has 2 aliphatic heterocycles. The van der Waals surface area contributed by atoms with E-state index in [1.807, 2.05) is 20.8 Å². The molecule has 5 rings (SSSR count). The molecule has 0 radical (unpaired) electrons. The SMILES string of the molecule is COc1cc2c(cc1OCCc1nn[nH]n1)CCN1C[C@@H](c3cc(C)ccc3C)[C@H](NC(=O)OC(C)(C)C)C[C@H]21. The minimum Gasteiger partial charge on any atom is -0.493 e. The predicted molar refractivity (Wildman–Crippen MR) is 151 cm³/mol. The zero-order valence-corrected chi connectivity index (χ0v) is 24.3. The maximum absolute atomic E-state index is 13.0. The molecule has 2 aromatic carbocycles. The third kappa shape index (κ3) is 6.22. The number of H-pyrrole nitrogens is 1. The van der Waals surface area contributed by atoms with Gasteiger partial charge in [-0.1, -0.05) is 29.0 Å². The molecule has 40 heavy (non-hydrogen) atoms. The van der Waals surface area contributed by atoms with Crippen LogP contribution in [0.3, 0.4) is 0 Å². The van der Waals surface area contributed by atoms with E-state index in [-0.39, 0.29) is 24.1 Å². The Kier molecular flexibility index (Phi) is 7.98. The first-order valence-corrected chi connectivity index (χ1v) is 14.0. The average molecular weight is 549 g/mol. The number of amides is 1. The van der Waals surface area contributed by atoms with Crippen molar-refractivity contribution in [3.8, 4) is 11.5 Å². The summed E-state index contributed by atoms with van der Waals surface area (Å²) >= 11 is 0. The lowest BCUT2D eigenvalue weighted by Gasteiger charge is -2.48. The molecule has 0 unspecified atom stereocenters. The molecule has 2 aliphatic rings. The molecule has 0 saturated carbocycles. The van der Waals surface area contributed by atoms with E-state index in [0.29, 0.717) is 30.4 Å². The third-order valence-corrected chi connectivity index (χ3v) is 7.80. The van der Waals surface area contributed by atoms with Crippen LogP contribution in [0.5, 0.6) is 11.5 Å². The number of nitrogens with zero attached hydrogens (tertiary/aromatic N) is 4. The first kappa shape index (κ1) is 27.9. The molecule has 0 spiro atoms. The van der Waals surface area contributed by atoms with Gasteiger partial charge in [-0.3, -0.25) is 4.90 Å². The standard InChI is InChI=1S/C30H40N6O4/c1-18-7-8-19(2)21(13-18)23-17-36-11-9-20-14-27(39-12-10-28-32-34-35-33-28)26(38-6)15-22(20)25(36)16-24(23)31-29(37)40-30(3,4)5/h7-8,13-15,23-25H,9-12,16-17H2,1-6H3,(H,31,37)(H,32,33,34,35)/t23-,24+,25+/m0/s1. The summed E-state index contributed by atoms with van der Waals surface area (Å²) in [5.74, 6) is 2.17. The van der Waals surface area contributed by atoms with E-state index in [4.69, 9.17) is 14.2 Å². The maximum atomic E-state index is 13.0. The van der Waals surface area contributed by atoms with Gasteiger partial charge < -0.3 is 19.5 Å². The molecule has 1 fully saturated rings. The number of tetrazole rings is 1. The van der Waals surface area contributed by atoms with Gasteiger partial charge in [0.15, 0.2) is 17.3 Å². The number of benzene rings is 2. The van der Waals surface area contributed by atoms with Crippen LogP contribution in [0.25, 0.3) is 0 Å². The number of carbonyl (C=O) groups is 1. The van der Waals surface area contributed by atoms with Crippen LogP contribution in [0.4, 0.5) is 4.79 Å². The van der Waals surface area contributed by atoms with Crippen molar-refractivity contribution in [1.29, 1.82) is 0 Å². The van der Waals surface area contributed by atoms with Crippen LogP contribution in [0, 0.1) is 13.8 Å². The van der Waals surface area contributed by atoms with Gasteiger partial charge in [-0.15, -0.1) is 10.2 Å². The van der Waals surface area contributed by atoms with Gasteiger partial charge in [-0.2, -0.15) is 5.21 Å². The van der Waals surface area contributed by atoms with Crippen molar-refractivity contribution in [1.82, 2.24) is 30.8 Å². The van der Waals surface area contributed by atoms with Crippen molar-refractivity contribution in [2.24, 2.45) is 0 Å². The Bertz CT molecular complexity index is 1340. The molecule has 3 aromatic rings. The highest BCUT2D eigenvalue weighted by atomic mass is 16.6. The number of aromatic nitrogens is 4. The summed E-state index contributed by atoms with van der Waals surface area (Å²) in [7, 11) is 1.67. The molecule has 2 N–H and O–H groups in total. The molecule has 3 heterocycles. The van der Waals surface area contributed by atoms with Crippen molar-refractivity contribution >= 4 is 6.09 Å². The number of hydrogen-bond acceptors (Lipinski definition) is 8. The molecule has 1 aromatic heterocycles. The zero-order valence-electron chi connectivity index (χ0n) is 24.3. The van der Waals surface area contributed by atoms with Crippen molar-refractivity contribution < 1.29 is 19.0 Å². The van der Waals surface area contributed by atoms with Crippen LogP contribution < -0.4 is 14.8 Å². The van der Waals surface area contributed by atoms with Crippen LogP contribution in [0.15, 0.2) is 30.3 Å². The Labute approximate surface area is 235 Å². The average Bonchev–Trinajstić information content (AvgIpc) is 3.42. The highest BCUT2D eigenvalue weighted by Crippen LogP contribution is 2.45. The van der Waals surface area contributed by atoms with E-state index >= 15 is 0 Å². The summed E-state index contributed by atoms with van der Waals surface area (Å²) in [5.41, 5.74) is 5.66. The van der Waals surface area contributed by atoms with E-state index in [1.165, 1.54) is 27.8 Å². The number of fused-ring (bicyclic) bond motifs is 3. The van der Waals surface area contributed by atoms with Gasteiger partial charge in [0.2, 0.25) is 0 Å². The number of nitrogens with one attached hydrogen (secondary N) is 2. The summed E-state index contributed by atoms with van der Waals surface area (Å²) in [5, 5.41) is 17.3. The summed E-state index contributed by atoms with van der Waals surface area (Å²) in [4.78, 5) is 15.5. The molecule has 0 aliphatic carbocycles. The predicted octanol–water partition coefficient (Wildman–Crippen LogP) is 4.43. The lowest BCUT2D eigenvalue weighted by molar-refractivity contribution is 0.0412. The summed E-state index contributed by atoms with van der Waals surface area (Å²) in [6.45, 7) is 12.2. The number of carbonyl (C=O) groups excluding carboxylic acids is 1. The van der Waals surface area contributed by atoms with Crippen LogP contribution >= 0.6 is 0 Å². The van der Waals surface area contributed by atoms with Gasteiger partial charge in [-0.05, 0) is 81.8 Å². The second-order valence-corrected chi connectivity index (χ2v) is 11.8. The largest absolute Gasteiger partial charge is 0.493 e. The molecule has 214 valence electrons. The number of aryl methyl sites for hydroxylation is 2. The number of aromatic amines is 1. The second kappa shape index (κ2) is 11.4. The fraction of sp³-hybridized carbons (Fsp3) is 0.533. The van der Waals surface area contributed by atoms with E-state index in [1.54, 1.807) is 7.11 Å². The topological polar surface area (TPSA) is 114 Å². The minimum atomic E-state index is -0.565. The number of alkyl carbamates (subject to hydrolysis) is 1. The zero-order chi connectivity index (χ0) is 28.4. The Hall–Kier alpha value is -3.66. The summed E-state index contributed by atoms with van der Waals surface area (Å²) in [6.07, 6.45) is 1.86. The first-order chi connectivity index (χ1) is 19.1. The molecule has 1 saturated heterocycles. The lowest BCUT2D eigenvalue weighted by atomic mass is 9.76. The molecule has 10 nitrogen and oxygen atoms in total. The number of rotatable bonds is 7. The maximum Gasteiger partial charge on any atom is 0.407 e. The van der Waals surface area contributed by atoms with Crippen molar-refractivity contribution in [2.75, 3.05) is 26.8 Å². The Morgan fingerprint density at radius 3 is 2.70 bits per heavy atom. The Morgan fingerprint density at radius 1 is 1.15 bits per heavy atom. The number of ether oxygens (including phenoxy) is 3. The fourth-order valence-electron chi connectivity index (χ4n) is 5.95. The molecule has 1 amide bonds. The monoisotopic (exact) mass is 548 g/mol. The van der Waals surface area contributed by atoms with Crippen molar-refractivity contribution in [3.63, 3.8) is 0 Å². The summed E-state index contributed by atoms with van der Waals surface area (Å²) in [6, 6.07) is 10.9. The van der Waals surface area contributed by atoms with Gasteiger partial charge in [0.1, 0.15) is 5.60 Å². The quantitative estimate of drug-likeness (QED) is 0.446. The molecule has 3 atom stereocenters. The van der Waals surface area contributed by atoms with Crippen LogP contribution in [0.2, 0.25) is 0 Å². The summed E-state index contributed by atoms with van der Waals surface area (Å²) < 4.78 is 17.5. The first-order valence-electron chi connectivity index (χ1n) is 14.0. The molecule has 10 heteroatoms. The molecular formula is C30H40N6O4. The van der Waals surface area contributed by atoms with Crippen molar-refractivity contribution in [2.45, 2.75) is 77.5 Å². The Morgan fingerprint density at radius 2 is 1.98 bits per heavy atom. The van der Waals surface area contributed by atoms with E-state index in [9.17, 15) is 4.79 Å². The van der Waals surface area contributed by atoms with E-state index in [0.717, 1.165) is 25.9 Å². The normalized spacial score (nSPS) is 20.8. The van der Waals surface area contributed by atoms with Gasteiger partial charge in [0, 0.05) is 37.5 Å². The van der Waals surface area contributed by atoms with Gasteiger partial charge >= 0.3 is 6.09 Å². The van der Waals surface area contributed by atoms with Gasteiger partial charge in [0.25, 0.3) is 0 Å². The molecular weight excluding hydrogens is 508 g/mol. The van der Waals surface area contributed by atoms with Crippen LogP contribution in [-0.2, 0) is 17.6 Å². The third-order valence-electron chi connectivity index (χ3n) is 7.80. The Balaban J connectivity index is 1.41. The van der Waals surface area contributed by atoms with Crippen LogP contribution in [-0.4, -0.2) is 70.1 Å².